The lowest BCUT2D eigenvalue weighted by atomic mass is 9.95. The molecule has 0 heterocycles. The Labute approximate surface area is 184 Å². The SMILES string of the molecule is CC[C@H](C(=O)NC1CCCCC1)N(Cc1cccc(C)c1)C(=O)Cc1ccc(F)cc1. The van der Waals surface area contributed by atoms with E-state index < -0.39 is 6.04 Å². The van der Waals surface area contributed by atoms with E-state index in [1.54, 1.807) is 17.0 Å². The molecule has 1 saturated carbocycles. The Morgan fingerprint density at radius 2 is 1.77 bits per heavy atom. The minimum Gasteiger partial charge on any atom is -0.352 e. The standard InChI is InChI=1S/C26H33FN2O2/c1-3-24(26(31)28-23-10-5-4-6-11-23)29(18-21-9-7-8-19(2)16-21)25(30)17-20-12-14-22(27)15-13-20/h7-9,12-16,23-24H,3-6,10-11,17-18H2,1-2H3,(H,28,31)/t24-/m1/s1. The summed E-state index contributed by atoms with van der Waals surface area (Å²) in [5, 5.41) is 3.19. The molecule has 2 aromatic carbocycles. The third-order valence-corrected chi connectivity index (χ3v) is 6.04. The van der Waals surface area contributed by atoms with Crippen LogP contribution in [0, 0.1) is 12.7 Å². The van der Waals surface area contributed by atoms with Crippen molar-refractivity contribution in [2.24, 2.45) is 0 Å². The van der Waals surface area contributed by atoms with Gasteiger partial charge in [0.05, 0.1) is 6.42 Å². The van der Waals surface area contributed by atoms with E-state index in [0.29, 0.717) is 13.0 Å². The number of hydrogen-bond acceptors (Lipinski definition) is 2. The average Bonchev–Trinajstić information content (AvgIpc) is 2.76. The van der Waals surface area contributed by atoms with Crippen molar-refractivity contribution in [2.45, 2.75) is 77.4 Å². The number of halogens is 1. The van der Waals surface area contributed by atoms with Gasteiger partial charge in [0.25, 0.3) is 0 Å². The molecule has 2 aromatic rings. The molecule has 1 aliphatic rings. The predicted molar refractivity (Wildman–Crippen MR) is 121 cm³/mol. The number of rotatable bonds is 8. The molecule has 0 saturated heterocycles. The molecule has 1 atom stereocenters. The largest absolute Gasteiger partial charge is 0.352 e. The molecule has 0 radical (unpaired) electrons. The summed E-state index contributed by atoms with van der Waals surface area (Å²) in [6.07, 6.45) is 6.18. The van der Waals surface area contributed by atoms with Gasteiger partial charge in [-0.15, -0.1) is 0 Å². The van der Waals surface area contributed by atoms with Crippen molar-refractivity contribution < 1.29 is 14.0 Å². The smallest absolute Gasteiger partial charge is 0.243 e. The van der Waals surface area contributed by atoms with E-state index in [4.69, 9.17) is 0 Å². The fourth-order valence-electron chi connectivity index (χ4n) is 4.35. The highest BCUT2D eigenvalue weighted by Crippen LogP contribution is 2.20. The number of aryl methyl sites for hydroxylation is 1. The van der Waals surface area contributed by atoms with Crippen LogP contribution in [0.4, 0.5) is 4.39 Å². The zero-order valence-electron chi connectivity index (χ0n) is 18.6. The Balaban J connectivity index is 1.80. The minimum atomic E-state index is -0.532. The molecule has 0 unspecified atom stereocenters. The molecule has 2 amide bonds. The average molecular weight is 425 g/mol. The summed E-state index contributed by atoms with van der Waals surface area (Å²) in [6, 6.07) is 13.7. The van der Waals surface area contributed by atoms with Crippen LogP contribution in [0.15, 0.2) is 48.5 Å². The fourth-order valence-corrected chi connectivity index (χ4v) is 4.35. The van der Waals surface area contributed by atoms with Crippen molar-refractivity contribution in [3.05, 3.63) is 71.0 Å². The second-order valence-corrected chi connectivity index (χ2v) is 8.58. The van der Waals surface area contributed by atoms with Crippen molar-refractivity contribution >= 4 is 11.8 Å². The molecule has 1 N–H and O–H groups in total. The maximum atomic E-state index is 13.3. The zero-order chi connectivity index (χ0) is 22.2. The van der Waals surface area contributed by atoms with Gasteiger partial charge in [0, 0.05) is 12.6 Å². The number of nitrogens with zero attached hydrogens (tertiary/aromatic N) is 1. The second-order valence-electron chi connectivity index (χ2n) is 8.58. The van der Waals surface area contributed by atoms with Crippen molar-refractivity contribution in [3.8, 4) is 0 Å². The van der Waals surface area contributed by atoms with Gasteiger partial charge < -0.3 is 10.2 Å². The van der Waals surface area contributed by atoms with Crippen molar-refractivity contribution in [1.82, 2.24) is 10.2 Å². The van der Waals surface area contributed by atoms with Crippen LogP contribution in [0.25, 0.3) is 0 Å². The summed E-state index contributed by atoms with van der Waals surface area (Å²) in [4.78, 5) is 28.2. The van der Waals surface area contributed by atoms with Crippen LogP contribution in [0.1, 0.15) is 62.1 Å². The van der Waals surface area contributed by atoms with Gasteiger partial charge in [-0.05, 0) is 49.4 Å². The molecule has 1 fully saturated rings. The summed E-state index contributed by atoms with van der Waals surface area (Å²) in [5.74, 6) is -0.528. The normalized spacial score (nSPS) is 15.3. The summed E-state index contributed by atoms with van der Waals surface area (Å²) in [7, 11) is 0. The van der Waals surface area contributed by atoms with Crippen LogP contribution in [0.2, 0.25) is 0 Å². The third kappa shape index (κ3) is 6.65. The van der Waals surface area contributed by atoms with Gasteiger partial charge in [0.2, 0.25) is 11.8 Å². The molecule has 31 heavy (non-hydrogen) atoms. The van der Waals surface area contributed by atoms with Gasteiger partial charge in [-0.1, -0.05) is 68.1 Å². The molecule has 5 heteroatoms. The first-order valence-corrected chi connectivity index (χ1v) is 11.4. The first-order chi connectivity index (χ1) is 15.0. The monoisotopic (exact) mass is 424 g/mol. The number of carbonyl (C=O) groups is 2. The van der Waals surface area contributed by atoms with Gasteiger partial charge in [-0.2, -0.15) is 0 Å². The van der Waals surface area contributed by atoms with Gasteiger partial charge in [-0.3, -0.25) is 9.59 Å². The number of carbonyl (C=O) groups excluding carboxylic acids is 2. The van der Waals surface area contributed by atoms with Crippen LogP contribution in [-0.4, -0.2) is 28.8 Å². The Kier molecular flexibility index (Phi) is 8.21. The van der Waals surface area contributed by atoms with E-state index >= 15 is 0 Å². The number of amides is 2. The summed E-state index contributed by atoms with van der Waals surface area (Å²) in [5.41, 5.74) is 2.85. The summed E-state index contributed by atoms with van der Waals surface area (Å²) >= 11 is 0. The Morgan fingerprint density at radius 3 is 2.42 bits per heavy atom. The van der Waals surface area contributed by atoms with Gasteiger partial charge in [0.15, 0.2) is 0 Å². The van der Waals surface area contributed by atoms with Crippen LogP contribution in [0.3, 0.4) is 0 Å². The molecule has 3 rings (SSSR count). The highest BCUT2D eigenvalue weighted by atomic mass is 19.1. The van der Waals surface area contributed by atoms with E-state index in [-0.39, 0.29) is 30.1 Å². The van der Waals surface area contributed by atoms with Crippen LogP contribution < -0.4 is 5.32 Å². The molecule has 166 valence electrons. The quantitative estimate of drug-likeness (QED) is 0.653. The molecule has 0 aromatic heterocycles. The van der Waals surface area contributed by atoms with Crippen LogP contribution >= 0.6 is 0 Å². The van der Waals surface area contributed by atoms with E-state index in [0.717, 1.165) is 42.4 Å². The maximum Gasteiger partial charge on any atom is 0.243 e. The third-order valence-electron chi connectivity index (χ3n) is 6.04. The van der Waals surface area contributed by atoms with E-state index in [1.165, 1.54) is 18.6 Å². The molecule has 0 aliphatic heterocycles. The Bertz CT molecular complexity index is 875. The molecular formula is C26H33FN2O2. The molecule has 0 spiro atoms. The van der Waals surface area contributed by atoms with Crippen molar-refractivity contribution in [2.75, 3.05) is 0 Å². The molecule has 4 nitrogen and oxygen atoms in total. The van der Waals surface area contributed by atoms with E-state index in [2.05, 4.69) is 5.32 Å². The molecular weight excluding hydrogens is 391 g/mol. The second kappa shape index (κ2) is 11.1. The van der Waals surface area contributed by atoms with Gasteiger partial charge in [-0.25, -0.2) is 4.39 Å². The Morgan fingerprint density at radius 1 is 1.06 bits per heavy atom. The topological polar surface area (TPSA) is 49.4 Å². The summed E-state index contributed by atoms with van der Waals surface area (Å²) in [6.45, 7) is 4.33. The number of nitrogens with one attached hydrogen (secondary N) is 1. The highest BCUT2D eigenvalue weighted by molar-refractivity contribution is 5.88. The van der Waals surface area contributed by atoms with Crippen LogP contribution in [0.5, 0.6) is 0 Å². The molecule has 0 bridgehead atoms. The van der Waals surface area contributed by atoms with Crippen LogP contribution in [-0.2, 0) is 22.6 Å². The molecule has 1 aliphatic carbocycles. The first kappa shape index (κ1) is 23.0. The lowest BCUT2D eigenvalue weighted by molar-refractivity contribution is -0.141. The predicted octanol–water partition coefficient (Wildman–Crippen LogP) is 4.93. The number of benzene rings is 2. The van der Waals surface area contributed by atoms with Gasteiger partial charge in [0.1, 0.15) is 11.9 Å². The first-order valence-electron chi connectivity index (χ1n) is 11.4. The van der Waals surface area contributed by atoms with E-state index in [9.17, 15) is 14.0 Å². The minimum absolute atomic E-state index is 0.0745. The summed E-state index contributed by atoms with van der Waals surface area (Å²) < 4.78 is 13.3. The highest BCUT2D eigenvalue weighted by Gasteiger charge is 2.30. The maximum absolute atomic E-state index is 13.3. The van der Waals surface area contributed by atoms with Crippen molar-refractivity contribution in [3.63, 3.8) is 0 Å². The van der Waals surface area contributed by atoms with Gasteiger partial charge >= 0.3 is 0 Å². The number of hydrogen-bond donors (Lipinski definition) is 1. The van der Waals surface area contributed by atoms with E-state index in [1.807, 2.05) is 38.1 Å². The lowest BCUT2D eigenvalue weighted by Gasteiger charge is -2.33. The zero-order valence-corrected chi connectivity index (χ0v) is 18.6. The Hall–Kier alpha value is -2.69. The fraction of sp³-hybridized carbons (Fsp3) is 0.462. The van der Waals surface area contributed by atoms with Crippen molar-refractivity contribution in [1.29, 1.82) is 0 Å². The lowest BCUT2D eigenvalue weighted by Crippen LogP contribution is -2.51.